The minimum absolute atomic E-state index is 0.0284. The molecule has 0 saturated heterocycles. The molecule has 0 unspecified atom stereocenters. The third kappa shape index (κ3) is 5.08. The summed E-state index contributed by atoms with van der Waals surface area (Å²) in [6.07, 6.45) is -5.03. The molecule has 0 bridgehead atoms. The number of carbonyl (C=O) groups excluding carboxylic acids is 2. The molecule has 126 valence electrons. The molecule has 0 fully saturated rings. The fourth-order valence-corrected chi connectivity index (χ4v) is 1.87. The van der Waals surface area contributed by atoms with Crippen LogP contribution in [-0.4, -0.2) is 18.0 Å². The highest BCUT2D eigenvalue weighted by molar-refractivity contribution is 5.96. The third-order valence-corrected chi connectivity index (χ3v) is 2.94. The standard InChI is InChI=1S/C16H12F4N2O2/c17-11-6-4-10(5-7-11)8-14(23)21-12-2-1-3-13(9-12)22-15(24)16(18,19)20/h1-7,9H,8H2,(H,21,23)(H,22,24). The van der Waals surface area contributed by atoms with Crippen molar-refractivity contribution in [1.29, 1.82) is 0 Å². The van der Waals surface area contributed by atoms with Crippen LogP contribution in [-0.2, 0) is 16.0 Å². The number of amides is 2. The molecule has 0 aromatic heterocycles. The van der Waals surface area contributed by atoms with Gasteiger partial charge in [0.05, 0.1) is 6.42 Å². The summed E-state index contributed by atoms with van der Waals surface area (Å²) >= 11 is 0. The minimum Gasteiger partial charge on any atom is -0.326 e. The Hall–Kier alpha value is -2.90. The number of hydrogen-bond acceptors (Lipinski definition) is 2. The van der Waals surface area contributed by atoms with Crippen LogP contribution < -0.4 is 10.6 Å². The van der Waals surface area contributed by atoms with Gasteiger partial charge in [-0.05, 0) is 35.9 Å². The zero-order chi connectivity index (χ0) is 17.7. The number of rotatable bonds is 4. The van der Waals surface area contributed by atoms with Gasteiger partial charge in [0.15, 0.2) is 0 Å². The first kappa shape index (κ1) is 17.5. The van der Waals surface area contributed by atoms with E-state index in [4.69, 9.17) is 0 Å². The van der Waals surface area contributed by atoms with Crippen molar-refractivity contribution in [2.75, 3.05) is 10.6 Å². The summed E-state index contributed by atoms with van der Waals surface area (Å²) in [5.41, 5.74) is 0.703. The predicted molar refractivity (Wildman–Crippen MR) is 79.9 cm³/mol. The Balaban J connectivity index is 1.99. The molecule has 2 N–H and O–H groups in total. The van der Waals surface area contributed by atoms with Crippen LogP contribution in [0.25, 0.3) is 0 Å². The lowest BCUT2D eigenvalue weighted by atomic mass is 10.1. The van der Waals surface area contributed by atoms with E-state index in [-0.39, 0.29) is 17.8 Å². The Morgan fingerprint density at radius 1 is 0.917 bits per heavy atom. The van der Waals surface area contributed by atoms with Crippen LogP contribution in [0.4, 0.5) is 28.9 Å². The molecular formula is C16H12F4N2O2. The molecule has 8 heteroatoms. The first-order valence-electron chi connectivity index (χ1n) is 6.76. The fraction of sp³-hybridized carbons (Fsp3) is 0.125. The number of hydrogen-bond donors (Lipinski definition) is 2. The van der Waals surface area contributed by atoms with E-state index in [0.29, 0.717) is 5.56 Å². The molecule has 0 heterocycles. The van der Waals surface area contributed by atoms with Crippen molar-refractivity contribution in [2.24, 2.45) is 0 Å². The first-order valence-corrected chi connectivity index (χ1v) is 6.76. The second-order valence-electron chi connectivity index (χ2n) is 4.88. The van der Waals surface area contributed by atoms with E-state index < -0.39 is 23.8 Å². The zero-order valence-electron chi connectivity index (χ0n) is 12.2. The second-order valence-corrected chi connectivity index (χ2v) is 4.88. The van der Waals surface area contributed by atoms with Gasteiger partial charge in [0.2, 0.25) is 5.91 Å². The van der Waals surface area contributed by atoms with Gasteiger partial charge >= 0.3 is 12.1 Å². The minimum atomic E-state index is -5.00. The van der Waals surface area contributed by atoms with Crippen molar-refractivity contribution in [3.05, 3.63) is 59.9 Å². The van der Waals surface area contributed by atoms with Crippen LogP contribution in [0, 0.1) is 5.82 Å². The van der Waals surface area contributed by atoms with Gasteiger partial charge in [0.25, 0.3) is 0 Å². The third-order valence-electron chi connectivity index (χ3n) is 2.94. The van der Waals surface area contributed by atoms with E-state index in [1.807, 2.05) is 0 Å². The maximum Gasteiger partial charge on any atom is 0.471 e. The quantitative estimate of drug-likeness (QED) is 0.837. The highest BCUT2D eigenvalue weighted by Crippen LogP contribution is 2.20. The molecule has 2 rings (SSSR count). The lowest BCUT2D eigenvalue weighted by molar-refractivity contribution is -0.167. The summed E-state index contributed by atoms with van der Waals surface area (Å²) in [5, 5.41) is 4.19. The van der Waals surface area contributed by atoms with Crippen LogP contribution in [0.5, 0.6) is 0 Å². The van der Waals surface area contributed by atoms with Gasteiger partial charge in [-0.25, -0.2) is 4.39 Å². The summed E-state index contributed by atoms with van der Waals surface area (Å²) in [6.45, 7) is 0. The molecule has 0 aliphatic heterocycles. The Labute approximate surface area is 134 Å². The van der Waals surface area contributed by atoms with E-state index in [1.165, 1.54) is 48.5 Å². The largest absolute Gasteiger partial charge is 0.471 e. The normalized spacial score (nSPS) is 11.0. The molecule has 0 radical (unpaired) electrons. The fourth-order valence-electron chi connectivity index (χ4n) is 1.87. The van der Waals surface area contributed by atoms with Gasteiger partial charge in [-0.2, -0.15) is 13.2 Å². The average Bonchev–Trinajstić information content (AvgIpc) is 2.49. The molecule has 0 spiro atoms. The SMILES string of the molecule is O=C(Cc1ccc(F)cc1)Nc1cccc(NC(=O)C(F)(F)F)c1. The summed E-state index contributed by atoms with van der Waals surface area (Å²) in [5.74, 6) is -2.95. The Morgan fingerprint density at radius 3 is 2.08 bits per heavy atom. The van der Waals surface area contributed by atoms with Crippen molar-refractivity contribution in [1.82, 2.24) is 0 Å². The lowest BCUT2D eigenvalue weighted by Crippen LogP contribution is -2.29. The molecule has 2 aromatic carbocycles. The van der Waals surface area contributed by atoms with Crippen molar-refractivity contribution < 1.29 is 27.2 Å². The highest BCUT2D eigenvalue weighted by Gasteiger charge is 2.38. The van der Waals surface area contributed by atoms with E-state index in [1.54, 1.807) is 5.32 Å². The highest BCUT2D eigenvalue weighted by atomic mass is 19.4. The summed E-state index contributed by atoms with van der Waals surface area (Å²) < 4.78 is 49.4. The van der Waals surface area contributed by atoms with Gasteiger partial charge < -0.3 is 10.6 Å². The van der Waals surface area contributed by atoms with Crippen molar-refractivity contribution in [2.45, 2.75) is 12.6 Å². The maximum atomic E-state index is 12.8. The van der Waals surface area contributed by atoms with Crippen molar-refractivity contribution >= 4 is 23.2 Å². The number of carbonyl (C=O) groups is 2. The van der Waals surface area contributed by atoms with Gasteiger partial charge in [-0.3, -0.25) is 9.59 Å². The number of halogens is 4. The van der Waals surface area contributed by atoms with Crippen LogP contribution >= 0.6 is 0 Å². The Bertz CT molecular complexity index is 742. The number of alkyl halides is 3. The van der Waals surface area contributed by atoms with E-state index in [0.717, 1.165) is 0 Å². The molecule has 0 aliphatic carbocycles. The van der Waals surface area contributed by atoms with Crippen LogP contribution in [0.15, 0.2) is 48.5 Å². The van der Waals surface area contributed by atoms with E-state index in [2.05, 4.69) is 5.32 Å². The maximum absolute atomic E-state index is 12.8. The molecule has 24 heavy (non-hydrogen) atoms. The summed E-state index contributed by atoms with van der Waals surface area (Å²) in [7, 11) is 0. The van der Waals surface area contributed by atoms with Crippen LogP contribution in [0.3, 0.4) is 0 Å². The number of nitrogens with one attached hydrogen (secondary N) is 2. The summed E-state index contributed by atoms with van der Waals surface area (Å²) in [6, 6.07) is 10.7. The van der Waals surface area contributed by atoms with Crippen molar-refractivity contribution in [3.63, 3.8) is 0 Å². The topological polar surface area (TPSA) is 58.2 Å². The van der Waals surface area contributed by atoms with E-state index in [9.17, 15) is 27.2 Å². The van der Waals surface area contributed by atoms with Crippen molar-refractivity contribution in [3.8, 4) is 0 Å². The predicted octanol–water partition coefficient (Wildman–Crippen LogP) is 3.51. The monoisotopic (exact) mass is 340 g/mol. The molecule has 4 nitrogen and oxygen atoms in total. The molecule has 0 saturated carbocycles. The molecule has 0 atom stereocenters. The lowest BCUT2D eigenvalue weighted by Gasteiger charge is -2.10. The van der Waals surface area contributed by atoms with Crippen LogP contribution in [0.2, 0.25) is 0 Å². The average molecular weight is 340 g/mol. The zero-order valence-corrected chi connectivity index (χ0v) is 12.2. The smallest absolute Gasteiger partial charge is 0.326 e. The number of anilines is 2. The van der Waals surface area contributed by atoms with Gasteiger partial charge in [-0.1, -0.05) is 18.2 Å². The summed E-state index contributed by atoms with van der Waals surface area (Å²) in [4.78, 5) is 22.8. The van der Waals surface area contributed by atoms with Gasteiger partial charge in [0.1, 0.15) is 5.82 Å². The van der Waals surface area contributed by atoms with Gasteiger partial charge in [0, 0.05) is 11.4 Å². The molecule has 2 aromatic rings. The first-order chi connectivity index (χ1) is 11.2. The Morgan fingerprint density at radius 2 is 1.50 bits per heavy atom. The molecule has 0 aliphatic rings. The second kappa shape index (κ2) is 7.12. The van der Waals surface area contributed by atoms with Crippen LogP contribution in [0.1, 0.15) is 5.56 Å². The van der Waals surface area contributed by atoms with Gasteiger partial charge in [-0.15, -0.1) is 0 Å². The van der Waals surface area contributed by atoms with E-state index >= 15 is 0 Å². The molecule has 2 amide bonds. The molecular weight excluding hydrogens is 328 g/mol. The Kier molecular flexibility index (Phi) is 5.18. The number of benzene rings is 2.